The Morgan fingerprint density at radius 3 is 2.41 bits per heavy atom. The van der Waals surface area contributed by atoms with Gasteiger partial charge in [-0.15, -0.1) is 11.3 Å². The Balaban J connectivity index is 1.89. The number of benzene rings is 2. The van der Waals surface area contributed by atoms with Crippen molar-refractivity contribution in [3.8, 4) is 5.75 Å². The summed E-state index contributed by atoms with van der Waals surface area (Å²) >= 11 is 1.54. The van der Waals surface area contributed by atoms with Gasteiger partial charge in [-0.1, -0.05) is 54.6 Å². The minimum absolute atomic E-state index is 0.239. The van der Waals surface area contributed by atoms with E-state index in [4.69, 9.17) is 4.74 Å². The molecule has 0 atom stereocenters. The fourth-order valence-corrected chi connectivity index (χ4v) is 4.59. The highest BCUT2D eigenvalue weighted by atomic mass is 32.2. The first-order chi connectivity index (χ1) is 13.1. The monoisotopic (exact) mass is 399 g/mol. The Hall–Kier alpha value is -2.41. The molecule has 1 heterocycles. The van der Waals surface area contributed by atoms with Crippen molar-refractivity contribution in [1.82, 2.24) is 4.31 Å². The van der Waals surface area contributed by atoms with Crippen LogP contribution >= 0.6 is 11.3 Å². The molecule has 3 aromatic rings. The summed E-state index contributed by atoms with van der Waals surface area (Å²) in [6.07, 6.45) is 1.62. The molecule has 0 bridgehead atoms. The maximum absolute atomic E-state index is 13.0. The maximum Gasteiger partial charge on any atom is 0.236 e. The molecule has 1 aromatic heterocycles. The lowest BCUT2D eigenvalue weighted by Crippen LogP contribution is -2.28. The molecule has 27 heavy (non-hydrogen) atoms. The minimum atomic E-state index is -3.62. The molecule has 3 rings (SSSR count). The van der Waals surface area contributed by atoms with Gasteiger partial charge in [0.25, 0.3) is 0 Å². The highest BCUT2D eigenvalue weighted by Gasteiger charge is 2.22. The summed E-state index contributed by atoms with van der Waals surface area (Å²) in [5, 5.41) is 3.22. The van der Waals surface area contributed by atoms with E-state index in [2.05, 4.69) is 0 Å². The van der Waals surface area contributed by atoms with Crippen LogP contribution in [0.1, 0.15) is 16.0 Å². The van der Waals surface area contributed by atoms with Crippen LogP contribution in [0.15, 0.2) is 77.5 Å². The smallest absolute Gasteiger partial charge is 0.236 e. The topological polar surface area (TPSA) is 46.6 Å². The van der Waals surface area contributed by atoms with Crippen LogP contribution < -0.4 is 4.74 Å². The molecule has 0 N–H and O–H groups in total. The summed E-state index contributed by atoms with van der Waals surface area (Å²) in [6, 6.07) is 20.7. The molecule has 0 unspecified atom stereocenters. The Kier molecular flexibility index (Phi) is 6.45. The van der Waals surface area contributed by atoms with E-state index in [9.17, 15) is 8.42 Å². The van der Waals surface area contributed by atoms with E-state index >= 15 is 0 Å². The van der Waals surface area contributed by atoms with Gasteiger partial charge >= 0.3 is 0 Å². The number of para-hydroxylation sites is 1. The number of thiophene rings is 1. The zero-order valence-corrected chi connectivity index (χ0v) is 16.6. The summed E-state index contributed by atoms with van der Waals surface area (Å²) in [5.41, 5.74) is 1.67. The zero-order valence-electron chi connectivity index (χ0n) is 15.0. The summed E-state index contributed by atoms with van der Waals surface area (Å²) in [6.45, 7) is 0.556. The number of hydrogen-bond donors (Lipinski definition) is 0. The Morgan fingerprint density at radius 2 is 1.70 bits per heavy atom. The molecule has 4 nitrogen and oxygen atoms in total. The van der Waals surface area contributed by atoms with Gasteiger partial charge in [-0.2, -0.15) is 4.31 Å². The lowest BCUT2D eigenvalue weighted by atomic mass is 10.2. The molecule has 0 aliphatic rings. The lowest BCUT2D eigenvalue weighted by Gasteiger charge is -2.21. The van der Waals surface area contributed by atoms with Crippen LogP contribution in [-0.4, -0.2) is 19.8 Å². The van der Waals surface area contributed by atoms with Gasteiger partial charge in [-0.05, 0) is 29.2 Å². The lowest BCUT2D eigenvalue weighted by molar-refractivity contribution is 0.380. The van der Waals surface area contributed by atoms with Gasteiger partial charge < -0.3 is 4.74 Å². The third kappa shape index (κ3) is 5.29. The number of sulfonamides is 1. The highest BCUT2D eigenvalue weighted by Crippen LogP contribution is 2.24. The fraction of sp³-hybridized carbons (Fsp3) is 0.143. The van der Waals surface area contributed by atoms with Gasteiger partial charge in [-0.3, -0.25) is 0 Å². The SMILES string of the molecule is COc1ccccc1CN(Cc1cccs1)S(=O)(=O)/C=C/c1ccccc1. The van der Waals surface area contributed by atoms with Crippen molar-refractivity contribution in [3.63, 3.8) is 0 Å². The number of ether oxygens (including phenoxy) is 1. The molecule has 2 aromatic carbocycles. The Bertz CT molecular complexity index is 981. The quantitative estimate of drug-likeness (QED) is 0.549. The molecular formula is C21H21NO3S2. The first-order valence-corrected chi connectivity index (χ1v) is 10.8. The molecule has 0 saturated carbocycles. The van der Waals surface area contributed by atoms with Gasteiger partial charge in [0.2, 0.25) is 10.0 Å². The Morgan fingerprint density at radius 1 is 0.963 bits per heavy atom. The molecule has 0 radical (unpaired) electrons. The first kappa shape index (κ1) is 19.4. The van der Waals surface area contributed by atoms with Crippen molar-refractivity contribution in [2.45, 2.75) is 13.1 Å². The van der Waals surface area contributed by atoms with Crippen molar-refractivity contribution in [1.29, 1.82) is 0 Å². The van der Waals surface area contributed by atoms with Crippen LogP contribution in [0.2, 0.25) is 0 Å². The maximum atomic E-state index is 13.0. The summed E-state index contributed by atoms with van der Waals surface area (Å²) in [7, 11) is -2.03. The van der Waals surface area contributed by atoms with Gasteiger partial charge in [0, 0.05) is 28.9 Å². The van der Waals surface area contributed by atoms with Crippen LogP contribution in [0.3, 0.4) is 0 Å². The molecular weight excluding hydrogens is 378 g/mol. The number of nitrogens with zero attached hydrogens (tertiary/aromatic N) is 1. The minimum Gasteiger partial charge on any atom is -0.496 e. The van der Waals surface area contributed by atoms with Gasteiger partial charge in [0.1, 0.15) is 5.75 Å². The molecule has 6 heteroatoms. The summed E-state index contributed by atoms with van der Waals surface area (Å²) in [5.74, 6) is 0.677. The molecule has 0 amide bonds. The molecule has 0 aliphatic carbocycles. The van der Waals surface area contributed by atoms with E-state index in [1.807, 2.05) is 72.1 Å². The van der Waals surface area contributed by atoms with Crippen LogP contribution in [0.4, 0.5) is 0 Å². The van der Waals surface area contributed by atoms with Crippen LogP contribution in [0.5, 0.6) is 5.75 Å². The van der Waals surface area contributed by atoms with Gasteiger partial charge in [0.05, 0.1) is 7.11 Å². The van der Waals surface area contributed by atoms with E-state index in [0.29, 0.717) is 12.3 Å². The van der Waals surface area contributed by atoms with Crippen molar-refractivity contribution >= 4 is 27.4 Å². The molecule has 0 saturated heterocycles. The van der Waals surface area contributed by atoms with Crippen LogP contribution in [-0.2, 0) is 23.1 Å². The molecule has 0 spiro atoms. The summed E-state index contributed by atoms with van der Waals surface area (Å²) in [4.78, 5) is 0.988. The second-order valence-electron chi connectivity index (χ2n) is 5.92. The van der Waals surface area contributed by atoms with E-state index < -0.39 is 10.0 Å². The largest absolute Gasteiger partial charge is 0.496 e. The highest BCUT2D eigenvalue weighted by molar-refractivity contribution is 7.92. The fourth-order valence-electron chi connectivity index (χ4n) is 2.65. The normalized spacial score (nSPS) is 11.9. The van der Waals surface area contributed by atoms with Crippen molar-refractivity contribution in [2.24, 2.45) is 0 Å². The van der Waals surface area contributed by atoms with Crippen molar-refractivity contribution < 1.29 is 13.2 Å². The van der Waals surface area contributed by atoms with Crippen molar-refractivity contribution in [3.05, 3.63) is 93.5 Å². The van der Waals surface area contributed by atoms with E-state index in [-0.39, 0.29) is 6.54 Å². The predicted molar refractivity (Wildman–Crippen MR) is 111 cm³/mol. The standard InChI is InChI=1S/C21H21NO3S2/c1-25-21-12-6-5-10-19(21)16-22(17-20-11-7-14-26-20)27(23,24)15-13-18-8-3-2-4-9-18/h2-15H,16-17H2,1H3/b15-13+. The van der Waals surface area contributed by atoms with E-state index in [1.165, 1.54) is 9.71 Å². The average molecular weight is 400 g/mol. The summed E-state index contributed by atoms with van der Waals surface area (Å²) < 4.78 is 32.9. The van der Waals surface area contributed by atoms with Crippen molar-refractivity contribution in [2.75, 3.05) is 7.11 Å². The second kappa shape index (κ2) is 8.99. The molecule has 0 aliphatic heterocycles. The first-order valence-electron chi connectivity index (χ1n) is 8.46. The van der Waals surface area contributed by atoms with E-state index in [1.54, 1.807) is 24.5 Å². The number of hydrogen-bond acceptors (Lipinski definition) is 4. The average Bonchev–Trinajstić information content (AvgIpc) is 3.20. The number of methoxy groups -OCH3 is 1. The van der Waals surface area contributed by atoms with E-state index in [0.717, 1.165) is 16.0 Å². The third-order valence-corrected chi connectivity index (χ3v) is 6.36. The van der Waals surface area contributed by atoms with Gasteiger partial charge in [0.15, 0.2) is 0 Å². The van der Waals surface area contributed by atoms with Gasteiger partial charge in [-0.25, -0.2) is 8.42 Å². The zero-order chi connectivity index (χ0) is 19.1. The second-order valence-corrected chi connectivity index (χ2v) is 8.77. The molecule has 140 valence electrons. The Labute approximate surface area is 164 Å². The number of rotatable bonds is 8. The van der Waals surface area contributed by atoms with Crippen LogP contribution in [0, 0.1) is 0 Å². The third-order valence-electron chi connectivity index (χ3n) is 4.04. The molecule has 0 fully saturated rings. The predicted octanol–water partition coefficient (Wildman–Crippen LogP) is 4.76. The van der Waals surface area contributed by atoms with Crippen LogP contribution in [0.25, 0.3) is 6.08 Å².